The van der Waals surface area contributed by atoms with Gasteiger partial charge < -0.3 is 10.5 Å². The summed E-state index contributed by atoms with van der Waals surface area (Å²) in [7, 11) is 1.72. The number of rotatable bonds is 4. The monoisotopic (exact) mass is 348 g/mol. The lowest BCUT2D eigenvalue weighted by Crippen LogP contribution is -2.39. The molecule has 2 N–H and O–H groups in total. The number of hydrogen-bond donors (Lipinski definition) is 1. The van der Waals surface area contributed by atoms with Gasteiger partial charge in [-0.25, -0.2) is 0 Å². The summed E-state index contributed by atoms with van der Waals surface area (Å²) >= 11 is 0. The highest BCUT2D eigenvalue weighted by atomic mass is 16.5. The number of fused-ring (bicyclic) bond motifs is 3. The van der Waals surface area contributed by atoms with Crippen molar-refractivity contribution < 1.29 is 4.74 Å². The molecule has 2 bridgehead atoms. The maximum absolute atomic E-state index is 5.92. The van der Waals surface area contributed by atoms with E-state index in [-0.39, 0.29) is 0 Å². The largest absolute Gasteiger partial charge is 0.497 e. The molecule has 3 atom stereocenters. The molecule has 3 unspecified atom stereocenters. The van der Waals surface area contributed by atoms with E-state index in [0.29, 0.717) is 12.1 Å². The Morgan fingerprint density at radius 1 is 1.15 bits per heavy atom. The Bertz CT molecular complexity index is 950. The van der Waals surface area contributed by atoms with Crippen molar-refractivity contribution in [2.45, 2.75) is 31.5 Å². The van der Waals surface area contributed by atoms with E-state index in [9.17, 15) is 0 Å². The third-order valence-electron chi connectivity index (χ3n) is 6.01. The fourth-order valence-electron chi connectivity index (χ4n) is 4.89. The molecule has 0 radical (unpaired) electrons. The molecule has 5 heteroatoms. The maximum atomic E-state index is 5.92. The van der Waals surface area contributed by atoms with Crippen molar-refractivity contribution in [1.82, 2.24) is 14.7 Å². The van der Waals surface area contributed by atoms with Crippen molar-refractivity contribution in [2.24, 2.45) is 5.92 Å². The van der Waals surface area contributed by atoms with E-state index in [4.69, 9.17) is 15.6 Å². The van der Waals surface area contributed by atoms with Crippen molar-refractivity contribution in [3.63, 3.8) is 0 Å². The highest BCUT2D eigenvalue weighted by molar-refractivity contribution is 5.82. The first-order chi connectivity index (χ1) is 12.7. The summed E-state index contributed by atoms with van der Waals surface area (Å²) < 4.78 is 7.61. The number of piperidine rings is 1. The van der Waals surface area contributed by atoms with E-state index >= 15 is 0 Å². The number of aromatic nitrogens is 2. The predicted molar refractivity (Wildman–Crippen MR) is 103 cm³/mol. The summed E-state index contributed by atoms with van der Waals surface area (Å²) in [6.07, 6.45) is 4.44. The Morgan fingerprint density at radius 2 is 2.04 bits per heavy atom. The molecule has 2 aromatic carbocycles. The fraction of sp³-hybridized carbons (Fsp3) is 0.381. The summed E-state index contributed by atoms with van der Waals surface area (Å²) in [6.45, 7) is 2.16. The lowest BCUT2D eigenvalue weighted by atomic mass is 10.0. The average molecular weight is 348 g/mol. The molecule has 1 saturated carbocycles. The van der Waals surface area contributed by atoms with Crippen LogP contribution >= 0.6 is 0 Å². The van der Waals surface area contributed by atoms with Gasteiger partial charge in [-0.2, -0.15) is 5.10 Å². The van der Waals surface area contributed by atoms with Gasteiger partial charge >= 0.3 is 0 Å². The molecular weight excluding hydrogens is 324 g/mol. The van der Waals surface area contributed by atoms with Gasteiger partial charge in [0.05, 0.1) is 24.9 Å². The first-order valence-electron chi connectivity index (χ1n) is 9.31. The molecule has 0 spiro atoms. The van der Waals surface area contributed by atoms with Crippen LogP contribution in [0.4, 0.5) is 5.69 Å². The summed E-state index contributed by atoms with van der Waals surface area (Å²) in [4.78, 5) is 2.62. The summed E-state index contributed by atoms with van der Waals surface area (Å²) in [6, 6.07) is 15.5. The molecule has 134 valence electrons. The highest BCUT2D eigenvalue weighted by Crippen LogP contribution is 2.45. The van der Waals surface area contributed by atoms with Crippen molar-refractivity contribution in [3.05, 3.63) is 54.2 Å². The molecule has 2 aliphatic rings. The van der Waals surface area contributed by atoms with Crippen LogP contribution in [0.15, 0.2) is 48.7 Å². The Kier molecular flexibility index (Phi) is 3.64. The molecule has 2 heterocycles. The van der Waals surface area contributed by atoms with Gasteiger partial charge in [0.1, 0.15) is 5.75 Å². The number of methoxy groups -OCH3 is 1. The standard InChI is InChI=1S/C21H24N4O/c1-26-18-4-2-3-14(7-18)12-24-13-15-8-20(24)21(9-15)25-19-6-5-17(22)10-16(19)11-23-25/h2-7,10-11,15,20-21H,8-9,12-13,22H2,1H3. The first kappa shape index (κ1) is 15.7. The Hall–Kier alpha value is -2.53. The smallest absolute Gasteiger partial charge is 0.119 e. The second kappa shape index (κ2) is 6.02. The van der Waals surface area contributed by atoms with Crippen LogP contribution in [0.3, 0.4) is 0 Å². The zero-order valence-electron chi connectivity index (χ0n) is 15.0. The zero-order valence-corrected chi connectivity index (χ0v) is 15.0. The number of nitrogens with two attached hydrogens (primary N) is 1. The molecule has 26 heavy (non-hydrogen) atoms. The van der Waals surface area contributed by atoms with Gasteiger partial charge in [-0.05, 0) is 54.7 Å². The van der Waals surface area contributed by atoms with E-state index in [1.54, 1.807) is 7.11 Å². The van der Waals surface area contributed by atoms with Crippen LogP contribution in [0, 0.1) is 5.92 Å². The van der Waals surface area contributed by atoms with E-state index in [2.05, 4.69) is 33.8 Å². The number of anilines is 1. The topological polar surface area (TPSA) is 56.3 Å². The SMILES string of the molecule is COc1cccc(CN2CC3CC2C(n2ncc4cc(N)ccc42)C3)c1. The van der Waals surface area contributed by atoms with Gasteiger partial charge in [-0.3, -0.25) is 9.58 Å². The van der Waals surface area contributed by atoms with Crippen molar-refractivity contribution in [1.29, 1.82) is 0 Å². The van der Waals surface area contributed by atoms with E-state index < -0.39 is 0 Å². The molecule has 3 aromatic rings. The number of benzene rings is 2. The van der Waals surface area contributed by atoms with Gasteiger partial charge in [-0.1, -0.05) is 12.1 Å². The summed E-state index contributed by atoms with van der Waals surface area (Å²) in [5.41, 5.74) is 9.23. The molecule has 5 rings (SSSR count). The van der Waals surface area contributed by atoms with E-state index in [0.717, 1.165) is 29.3 Å². The minimum absolute atomic E-state index is 0.445. The Morgan fingerprint density at radius 3 is 2.88 bits per heavy atom. The summed E-state index contributed by atoms with van der Waals surface area (Å²) in [5.74, 6) is 1.70. The Balaban J connectivity index is 1.41. The van der Waals surface area contributed by atoms with Crippen LogP contribution in [0.5, 0.6) is 5.75 Å². The van der Waals surface area contributed by atoms with Crippen LogP contribution in [0.25, 0.3) is 10.9 Å². The second-order valence-corrected chi connectivity index (χ2v) is 7.66. The van der Waals surface area contributed by atoms with Crippen molar-refractivity contribution >= 4 is 16.6 Å². The highest BCUT2D eigenvalue weighted by Gasteiger charge is 2.46. The quantitative estimate of drug-likeness (QED) is 0.734. The molecule has 1 aromatic heterocycles. The first-order valence-corrected chi connectivity index (χ1v) is 9.31. The zero-order chi connectivity index (χ0) is 17.7. The lowest BCUT2D eigenvalue weighted by Gasteiger charge is -2.33. The van der Waals surface area contributed by atoms with Crippen LogP contribution in [-0.2, 0) is 6.54 Å². The van der Waals surface area contributed by atoms with Crippen LogP contribution < -0.4 is 10.5 Å². The molecule has 5 nitrogen and oxygen atoms in total. The van der Waals surface area contributed by atoms with Gasteiger partial charge in [0.2, 0.25) is 0 Å². The molecule has 1 saturated heterocycles. The number of nitrogen functional groups attached to an aromatic ring is 1. The molecule has 1 aliphatic heterocycles. The van der Waals surface area contributed by atoms with E-state index in [1.807, 2.05) is 24.4 Å². The van der Waals surface area contributed by atoms with Crippen molar-refractivity contribution in [2.75, 3.05) is 19.4 Å². The van der Waals surface area contributed by atoms with Crippen LogP contribution in [0.2, 0.25) is 0 Å². The number of hydrogen-bond acceptors (Lipinski definition) is 4. The lowest BCUT2D eigenvalue weighted by molar-refractivity contribution is 0.149. The van der Waals surface area contributed by atoms with Gasteiger partial charge in [0, 0.05) is 30.2 Å². The predicted octanol–water partition coefficient (Wildman–Crippen LogP) is 3.46. The average Bonchev–Trinajstić information content (AvgIpc) is 3.34. The number of ether oxygens (including phenoxy) is 1. The third-order valence-corrected chi connectivity index (χ3v) is 6.01. The number of likely N-dealkylation sites (tertiary alicyclic amines) is 1. The van der Waals surface area contributed by atoms with E-state index in [1.165, 1.54) is 30.5 Å². The molecule has 1 aliphatic carbocycles. The minimum Gasteiger partial charge on any atom is -0.497 e. The maximum Gasteiger partial charge on any atom is 0.119 e. The summed E-state index contributed by atoms with van der Waals surface area (Å²) in [5, 5.41) is 5.85. The normalized spacial score (nSPS) is 25.2. The molecule has 2 fully saturated rings. The van der Waals surface area contributed by atoms with Gasteiger partial charge in [0.15, 0.2) is 0 Å². The second-order valence-electron chi connectivity index (χ2n) is 7.66. The van der Waals surface area contributed by atoms with Gasteiger partial charge in [-0.15, -0.1) is 0 Å². The third kappa shape index (κ3) is 2.54. The van der Waals surface area contributed by atoms with Crippen LogP contribution in [-0.4, -0.2) is 34.4 Å². The number of nitrogens with zero attached hydrogens (tertiary/aromatic N) is 3. The van der Waals surface area contributed by atoms with Crippen LogP contribution in [0.1, 0.15) is 24.4 Å². The van der Waals surface area contributed by atoms with Gasteiger partial charge in [0.25, 0.3) is 0 Å². The van der Waals surface area contributed by atoms with Crippen molar-refractivity contribution in [3.8, 4) is 5.75 Å². The fourth-order valence-corrected chi connectivity index (χ4v) is 4.89. The minimum atomic E-state index is 0.445. The Labute approximate surface area is 153 Å². The molecular formula is C21H24N4O. The molecule has 0 amide bonds.